The Kier molecular flexibility index (Phi) is 3.79. The van der Waals surface area contributed by atoms with Crippen molar-refractivity contribution in [3.8, 4) is 28.7 Å². The van der Waals surface area contributed by atoms with E-state index >= 15 is 0 Å². The summed E-state index contributed by atoms with van der Waals surface area (Å²) in [6.45, 7) is 0.678. The molecule has 1 atom stereocenters. The van der Waals surface area contributed by atoms with Crippen LogP contribution in [0.1, 0.15) is 34.9 Å². The summed E-state index contributed by atoms with van der Waals surface area (Å²) in [4.78, 5) is 19.8. The zero-order valence-electron chi connectivity index (χ0n) is 15.8. The van der Waals surface area contributed by atoms with Gasteiger partial charge in [-0.2, -0.15) is 0 Å². The normalized spacial score (nSPS) is 17.4. The van der Waals surface area contributed by atoms with Crippen molar-refractivity contribution in [2.24, 2.45) is 0 Å². The first kappa shape index (κ1) is 17.4. The number of carbonyl (C=O) groups excluding carboxylic acids is 1. The number of halogens is 1. The zero-order valence-corrected chi connectivity index (χ0v) is 16.6. The second kappa shape index (κ2) is 6.53. The molecule has 148 valence electrons. The highest BCUT2D eigenvalue weighted by Crippen LogP contribution is 2.43. The van der Waals surface area contributed by atoms with E-state index in [2.05, 4.69) is 15.2 Å². The molecule has 1 amide bonds. The Bertz CT molecular complexity index is 1280. The average molecular weight is 418 g/mol. The maximum Gasteiger partial charge on any atom is 0.268 e. The number of hydrogen-bond acceptors (Lipinski definition) is 5. The maximum absolute atomic E-state index is 13.3. The number of fused-ring (bicyclic) bond motifs is 5. The Morgan fingerprint density at radius 3 is 2.73 bits per heavy atom. The first-order valence-corrected chi connectivity index (χ1v) is 10.2. The van der Waals surface area contributed by atoms with Crippen LogP contribution in [0.4, 0.5) is 0 Å². The SMILES string of the molecule is O=C1c2c(Cl)cccc2-n2cnc(-c3nnc(-c4ccccc4)o3)c2[C@@H]2CCCN12. The van der Waals surface area contributed by atoms with E-state index in [0.717, 1.165) is 29.8 Å². The topological polar surface area (TPSA) is 77.0 Å². The number of nitrogens with zero attached hydrogens (tertiary/aromatic N) is 5. The maximum atomic E-state index is 13.3. The number of benzene rings is 2. The van der Waals surface area contributed by atoms with Crippen LogP contribution in [-0.2, 0) is 0 Å². The predicted octanol–water partition coefficient (Wildman–Crippen LogP) is 4.53. The van der Waals surface area contributed by atoms with E-state index in [1.807, 2.05) is 51.9 Å². The van der Waals surface area contributed by atoms with Crippen LogP contribution in [0, 0.1) is 0 Å². The molecule has 0 saturated carbocycles. The van der Waals surface area contributed by atoms with Crippen LogP contribution in [0.25, 0.3) is 28.7 Å². The highest BCUT2D eigenvalue weighted by molar-refractivity contribution is 6.34. The first-order valence-electron chi connectivity index (χ1n) is 9.79. The van der Waals surface area contributed by atoms with Gasteiger partial charge in [0.05, 0.1) is 28.0 Å². The number of rotatable bonds is 2. The standard InChI is InChI=1S/C22H16ClN5O2/c23-14-8-4-9-15-17(14)22(29)27-11-5-10-16(27)19-18(24-12-28(15)19)21-26-25-20(30-21)13-6-2-1-3-7-13/h1-4,6-9,12,16H,5,10-11H2/t16-/m0/s1. The van der Waals surface area contributed by atoms with Gasteiger partial charge >= 0.3 is 0 Å². The van der Waals surface area contributed by atoms with Crippen LogP contribution in [-0.4, -0.2) is 37.1 Å². The highest BCUT2D eigenvalue weighted by Gasteiger charge is 2.40. The molecule has 2 aliphatic rings. The molecule has 30 heavy (non-hydrogen) atoms. The monoisotopic (exact) mass is 417 g/mol. The minimum absolute atomic E-state index is 0.0525. The molecule has 1 fully saturated rings. The molecule has 0 N–H and O–H groups in total. The first-order chi connectivity index (χ1) is 14.7. The Hall–Kier alpha value is -3.45. The molecular formula is C22H16ClN5O2. The van der Waals surface area contributed by atoms with Gasteiger partial charge in [-0.15, -0.1) is 10.2 Å². The lowest BCUT2D eigenvalue weighted by Crippen LogP contribution is -2.29. The van der Waals surface area contributed by atoms with Crippen LogP contribution in [0.2, 0.25) is 5.02 Å². The van der Waals surface area contributed by atoms with Gasteiger partial charge < -0.3 is 9.32 Å². The van der Waals surface area contributed by atoms with Crippen molar-refractivity contribution in [2.45, 2.75) is 18.9 Å². The lowest BCUT2D eigenvalue weighted by molar-refractivity contribution is 0.0739. The van der Waals surface area contributed by atoms with Crippen molar-refractivity contribution in [2.75, 3.05) is 6.54 Å². The van der Waals surface area contributed by atoms with Gasteiger partial charge in [0.1, 0.15) is 6.33 Å². The molecule has 0 unspecified atom stereocenters. The number of aromatic nitrogens is 4. The fourth-order valence-corrected chi connectivity index (χ4v) is 4.66. The van der Waals surface area contributed by atoms with Crippen molar-refractivity contribution >= 4 is 17.5 Å². The van der Waals surface area contributed by atoms with E-state index in [-0.39, 0.29) is 11.9 Å². The van der Waals surface area contributed by atoms with Gasteiger partial charge in [0.25, 0.3) is 11.8 Å². The molecule has 4 aromatic rings. The molecule has 6 rings (SSSR count). The molecule has 8 heteroatoms. The smallest absolute Gasteiger partial charge is 0.268 e. The largest absolute Gasteiger partial charge is 0.415 e. The molecule has 0 aliphatic carbocycles. The Labute approximate surface area is 176 Å². The van der Waals surface area contributed by atoms with Crippen molar-refractivity contribution in [1.29, 1.82) is 0 Å². The quantitative estimate of drug-likeness (QED) is 0.478. The molecule has 1 saturated heterocycles. The van der Waals surface area contributed by atoms with Gasteiger partial charge in [0.15, 0.2) is 5.69 Å². The molecule has 7 nitrogen and oxygen atoms in total. The van der Waals surface area contributed by atoms with Crippen LogP contribution in [0.5, 0.6) is 0 Å². The van der Waals surface area contributed by atoms with Gasteiger partial charge in [-0.05, 0) is 37.1 Å². The summed E-state index contributed by atoms with van der Waals surface area (Å²) in [5.74, 6) is 0.722. The second-order valence-electron chi connectivity index (χ2n) is 7.42. The Morgan fingerprint density at radius 2 is 1.87 bits per heavy atom. The van der Waals surface area contributed by atoms with Gasteiger partial charge in [-0.25, -0.2) is 4.98 Å². The van der Waals surface area contributed by atoms with E-state index in [9.17, 15) is 4.79 Å². The number of carbonyl (C=O) groups is 1. The minimum Gasteiger partial charge on any atom is -0.415 e. The highest BCUT2D eigenvalue weighted by atomic mass is 35.5. The number of imidazole rings is 1. The van der Waals surface area contributed by atoms with Gasteiger partial charge in [0.2, 0.25) is 5.89 Å². The molecular weight excluding hydrogens is 402 g/mol. The van der Waals surface area contributed by atoms with Crippen LogP contribution < -0.4 is 0 Å². The Balaban J connectivity index is 1.55. The van der Waals surface area contributed by atoms with Crippen molar-refractivity contribution in [1.82, 2.24) is 24.6 Å². The molecule has 4 heterocycles. The summed E-state index contributed by atoms with van der Waals surface area (Å²) in [6.07, 6.45) is 3.47. The summed E-state index contributed by atoms with van der Waals surface area (Å²) < 4.78 is 7.92. The van der Waals surface area contributed by atoms with E-state index in [1.54, 1.807) is 12.4 Å². The predicted molar refractivity (Wildman–Crippen MR) is 110 cm³/mol. The van der Waals surface area contributed by atoms with Crippen molar-refractivity contribution in [3.63, 3.8) is 0 Å². The van der Waals surface area contributed by atoms with E-state index < -0.39 is 0 Å². The lowest BCUT2D eigenvalue weighted by atomic mass is 10.1. The third-order valence-electron chi connectivity index (χ3n) is 5.75. The van der Waals surface area contributed by atoms with Crippen molar-refractivity contribution in [3.05, 3.63) is 71.1 Å². The van der Waals surface area contributed by atoms with E-state index in [0.29, 0.717) is 34.6 Å². The number of amides is 1. The molecule has 2 aromatic carbocycles. The fourth-order valence-electron chi connectivity index (χ4n) is 4.41. The lowest BCUT2D eigenvalue weighted by Gasteiger charge is -2.22. The summed E-state index contributed by atoms with van der Waals surface area (Å²) in [6, 6.07) is 15.0. The van der Waals surface area contributed by atoms with Crippen LogP contribution >= 0.6 is 11.6 Å². The van der Waals surface area contributed by atoms with E-state index in [4.69, 9.17) is 16.0 Å². The van der Waals surface area contributed by atoms with Crippen molar-refractivity contribution < 1.29 is 9.21 Å². The van der Waals surface area contributed by atoms with Gasteiger partial charge in [-0.3, -0.25) is 9.36 Å². The second-order valence-corrected chi connectivity index (χ2v) is 7.82. The summed E-state index contributed by atoms with van der Waals surface area (Å²) >= 11 is 6.44. The summed E-state index contributed by atoms with van der Waals surface area (Å²) in [5.41, 5.74) is 3.55. The third-order valence-corrected chi connectivity index (χ3v) is 6.06. The molecule has 2 aromatic heterocycles. The minimum atomic E-state index is -0.120. The Morgan fingerprint density at radius 1 is 1.03 bits per heavy atom. The fraction of sp³-hybridized carbons (Fsp3) is 0.182. The summed E-state index contributed by atoms with van der Waals surface area (Å²) in [5, 5.41) is 8.90. The molecule has 0 spiro atoms. The summed E-state index contributed by atoms with van der Waals surface area (Å²) in [7, 11) is 0. The molecule has 0 bridgehead atoms. The zero-order chi connectivity index (χ0) is 20.2. The third kappa shape index (κ3) is 2.45. The van der Waals surface area contributed by atoms with Crippen LogP contribution in [0.3, 0.4) is 0 Å². The van der Waals surface area contributed by atoms with Gasteiger partial charge in [-0.1, -0.05) is 35.9 Å². The van der Waals surface area contributed by atoms with Gasteiger partial charge in [0, 0.05) is 12.1 Å². The molecule has 0 radical (unpaired) electrons. The molecule has 2 aliphatic heterocycles. The van der Waals surface area contributed by atoms with Crippen LogP contribution in [0.15, 0.2) is 59.3 Å². The average Bonchev–Trinajstić information content (AvgIpc) is 3.50. The number of hydrogen-bond donors (Lipinski definition) is 0. The van der Waals surface area contributed by atoms with E-state index in [1.165, 1.54) is 0 Å².